The van der Waals surface area contributed by atoms with E-state index in [4.69, 9.17) is 27.4 Å². The molecule has 0 aliphatic heterocycles. The second kappa shape index (κ2) is 14.9. The number of aliphatic hydroxyl groups is 1. The molecule has 0 aromatic heterocycles. The van der Waals surface area contributed by atoms with Crippen molar-refractivity contribution in [1.82, 2.24) is 16.0 Å². The number of nitrogens with two attached hydrogens (primary N) is 3. The lowest BCUT2D eigenvalue weighted by Crippen LogP contribution is -2.58. The van der Waals surface area contributed by atoms with E-state index in [0.29, 0.717) is 0 Å². The first-order valence-corrected chi connectivity index (χ1v) is 10.4. The Kier molecular flexibility index (Phi) is 13.5. The molecule has 0 aliphatic rings. The molecule has 0 rings (SSSR count). The molecule has 0 radical (unpaired) electrons. The number of carbonyl (C=O) groups is 5. The quantitative estimate of drug-likeness (QED) is 0.0451. The number of carboxylic acids is 2. The molecule has 0 aromatic rings. The molecule has 5 unspecified atom stereocenters. The standard InChI is InChI=1S/C17H31N7O8S/c1-7(25)12(16(31)32)24-15(30)10(6-33)23-14(29)9(3-2-4-21-17(19)20)22-13(28)8(18)5-11(26)27/h7-10,12,25,33H,2-6,18H2,1H3,(H,22,28)(H,23,29)(H,24,30)(H,26,27)(H,31,32)(H4,19,20,21). The molecule has 12 N–H and O–H groups in total. The first kappa shape index (κ1) is 29.9. The zero-order chi connectivity index (χ0) is 25.7. The zero-order valence-electron chi connectivity index (χ0n) is 17.9. The fourth-order valence-electron chi connectivity index (χ4n) is 2.44. The second-order valence-electron chi connectivity index (χ2n) is 7.02. The highest BCUT2D eigenvalue weighted by Crippen LogP contribution is 2.03. The summed E-state index contributed by atoms with van der Waals surface area (Å²) in [5.41, 5.74) is 16.0. The Labute approximate surface area is 194 Å². The average Bonchev–Trinajstić information content (AvgIpc) is 2.70. The van der Waals surface area contributed by atoms with Crippen LogP contribution in [-0.2, 0) is 24.0 Å². The molecule has 0 bridgehead atoms. The fraction of sp³-hybridized carbons (Fsp3) is 0.647. The van der Waals surface area contributed by atoms with E-state index < -0.39 is 66.4 Å². The van der Waals surface area contributed by atoms with Crippen LogP contribution in [0.4, 0.5) is 0 Å². The lowest BCUT2D eigenvalue weighted by molar-refractivity contribution is -0.145. The second-order valence-corrected chi connectivity index (χ2v) is 7.39. The Balaban J connectivity index is 5.37. The van der Waals surface area contributed by atoms with Crippen molar-refractivity contribution in [1.29, 1.82) is 0 Å². The van der Waals surface area contributed by atoms with Crippen LogP contribution in [0.2, 0.25) is 0 Å². The van der Waals surface area contributed by atoms with E-state index in [2.05, 4.69) is 33.6 Å². The first-order chi connectivity index (χ1) is 15.3. The third-order valence-electron chi connectivity index (χ3n) is 4.17. The van der Waals surface area contributed by atoms with Crippen molar-refractivity contribution in [2.24, 2.45) is 22.2 Å². The van der Waals surface area contributed by atoms with Gasteiger partial charge in [-0.05, 0) is 19.8 Å². The van der Waals surface area contributed by atoms with Gasteiger partial charge in [0.05, 0.1) is 18.6 Å². The number of guanidine groups is 1. The molecule has 15 nitrogen and oxygen atoms in total. The Morgan fingerprint density at radius 3 is 1.97 bits per heavy atom. The molecule has 0 saturated carbocycles. The summed E-state index contributed by atoms with van der Waals surface area (Å²) in [5.74, 6) is -5.90. The van der Waals surface area contributed by atoms with E-state index in [-0.39, 0.29) is 31.1 Å². The van der Waals surface area contributed by atoms with E-state index >= 15 is 0 Å². The lowest BCUT2D eigenvalue weighted by atomic mass is 10.1. The fourth-order valence-corrected chi connectivity index (χ4v) is 2.70. The van der Waals surface area contributed by atoms with Crippen LogP contribution < -0.4 is 33.2 Å². The van der Waals surface area contributed by atoms with Gasteiger partial charge in [0.15, 0.2) is 12.0 Å². The lowest BCUT2D eigenvalue weighted by Gasteiger charge is -2.25. The molecule has 0 spiro atoms. The van der Waals surface area contributed by atoms with Gasteiger partial charge in [0.1, 0.15) is 12.1 Å². The number of hydrogen-bond acceptors (Lipinski definition) is 9. The number of amides is 3. The number of carbonyl (C=O) groups excluding carboxylic acids is 3. The summed E-state index contributed by atoms with van der Waals surface area (Å²) < 4.78 is 0. The predicted molar refractivity (Wildman–Crippen MR) is 119 cm³/mol. The maximum atomic E-state index is 12.7. The van der Waals surface area contributed by atoms with E-state index in [1.807, 2.05) is 0 Å². The number of aliphatic imine (C=N–C) groups is 1. The Morgan fingerprint density at radius 1 is 0.970 bits per heavy atom. The summed E-state index contributed by atoms with van der Waals surface area (Å²) in [5, 5.41) is 34.1. The number of aliphatic carboxylic acids is 2. The highest BCUT2D eigenvalue weighted by atomic mass is 32.1. The molecule has 188 valence electrons. The van der Waals surface area contributed by atoms with Crippen molar-refractivity contribution in [3.63, 3.8) is 0 Å². The summed E-state index contributed by atoms with van der Waals surface area (Å²) in [7, 11) is 0. The van der Waals surface area contributed by atoms with Gasteiger partial charge in [0, 0.05) is 12.3 Å². The van der Waals surface area contributed by atoms with E-state index in [0.717, 1.165) is 6.92 Å². The molecule has 16 heteroatoms. The molecule has 0 fully saturated rings. The van der Waals surface area contributed by atoms with Gasteiger partial charge in [-0.15, -0.1) is 0 Å². The summed E-state index contributed by atoms with van der Waals surface area (Å²) in [4.78, 5) is 63.0. The van der Waals surface area contributed by atoms with Gasteiger partial charge in [-0.25, -0.2) is 4.79 Å². The minimum atomic E-state index is -1.62. The molecule has 0 aliphatic carbocycles. The third kappa shape index (κ3) is 11.9. The van der Waals surface area contributed by atoms with Gasteiger partial charge in [0.2, 0.25) is 17.7 Å². The minimum absolute atomic E-state index is 0.000476. The summed E-state index contributed by atoms with van der Waals surface area (Å²) in [6.45, 7) is 1.28. The van der Waals surface area contributed by atoms with Gasteiger partial charge in [0.25, 0.3) is 0 Å². The van der Waals surface area contributed by atoms with Gasteiger partial charge in [-0.3, -0.25) is 24.2 Å². The summed E-state index contributed by atoms with van der Waals surface area (Å²) in [6, 6.07) is -5.61. The highest BCUT2D eigenvalue weighted by molar-refractivity contribution is 7.80. The van der Waals surface area contributed by atoms with E-state index in [1.54, 1.807) is 0 Å². The van der Waals surface area contributed by atoms with Crippen LogP contribution >= 0.6 is 12.6 Å². The molecular formula is C17H31N7O8S. The predicted octanol–water partition coefficient (Wildman–Crippen LogP) is -4.31. The average molecular weight is 494 g/mol. The molecule has 0 heterocycles. The number of nitrogens with zero attached hydrogens (tertiary/aromatic N) is 1. The summed E-state index contributed by atoms with van der Waals surface area (Å²) >= 11 is 3.97. The van der Waals surface area contributed by atoms with Crippen molar-refractivity contribution in [3.8, 4) is 0 Å². The molecular weight excluding hydrogens is 462 g/mol. The largest absolute Gasteiger partial charge is 0.481 e. The van der Waals surface area contributed by atoms with Crippen LogP contribution in [0.3, 0.4) is 0 Å². The Morgan fingerprint density at radius 2 is 1.52 bits per heavy atom. The molecule has 33 heavy (non-hydrogen) atoms. The Hall–Kier alpha value is -3.11. The zero-order valence-corrected chi connectivity index (χ0v) is 18.8. The van der Waals surface area contributed by atoms with Gasteiger partial charge in [-0.2, -0.15) is 12.6 Å². The number of thiol groups is 1. The number of hydrogen-bond donors (Lipinski definition) is 10. The highest BCUT2D eigenvalue weighted by Gasteiger charge is 2.31. The van der Waals surface area contributed by atoms with Crippen LogP contribution in [0.1, 0.15) is 26.2 Å². The maximum absolute atomic E-state index is 12.7. The molecule has 0 aromatic carbocycles. The minimum Gasteiger partial charge on any atom is -0.481 e. The van der Waals surface area contributed by atoms with E-state index in [1.165, 1.54) is 0 Å². The van der Waals surface area contributed by atoms with Crippen molar-refractivity contribution < 1.29 is 39.3 Å². The monoisotopic (exact) mass is 493 g/mol. The normalized spacial score (nSPS) is 15.2. The van der Waals surface area contributed by atoms with Crippen LogP contribution in [0.15, 0.2) is 4.99 Å². The van der Waals surface area contributed by atoms with Gasteiger partial charge in [-0.1, -0.05) is 0 Å². The van der Waals surface area contributed by atoms with E-state index in [9.17, 15) is 29.1 Å². The van der Waals surface area contributed by atoms with Crippen molar-refractivity contribution in [2.75, 3.05) is 12.3 Å². The van der Waals surface area contributed by atoms with Crippen LogP contribution in [-0.4, -0.2) is 93.5 Å². The van der Waals surface area contributed by atoms with Gasteiger partial charge < -0.3 is 48.5 Å². The first-order valence-electron chi connectivity index (χ1n) is 9.75. The molecule has 0 saturated heterocycles. The van der Waals surface area contributed by atoms with Crippen molar-refractivity contribution in [2.45, 2.75) is 56.5 Å². The van der Waals surface area contributed by atoms with Crippen LogP contribution in [0, 0.1) is 0 Å². The number of rotatable bonds is 15. The molecule has 3 amide bonds. The molecule has 5 atom stereocenters. The SMILES string of the molecule is CC(O)C(NC(=O)C(CS)NC(=O)C(CCCN=C(N)N)NC(=O)C(N)CC(=O)O)C(=O)O. The van der Waals surface area contributed by atoms with Crippen molar-refractivity contribution >= 4 is 48.2 Å². The number of nitrogens with one attached hydrogen (secondary N) is 3. The maximum Gasteiger partial charge on any atom is 0.328 e. The van der Waals surface area contributed by atoms with Crippen LogP contribution in [0.5, 0.6) is 0 Å². The Bertz CT molecular complexity index is 745. The third-order valence-corrected chi connectivity index (χ3v) is 4.54. The number of carboxylic acid groups (broad SMARTS) is 2. The topological polar surface area (TPSA) is 273 Å². The smallest absolute Gasteiger partial charge is 0.328 e. The number of aliphatic hydroxyl groups excluding tert-OH is 1. The van der Waals surface area contributed by atoms with Gasteiger partial charge >= 0.3 is 11.9 Å². The summed E-state index contributed by atoms with van der Waals surface area (Å²) in [6.07, 6.45) is -1.86. The van der Waals surface area contributed by atoms with Crippen LogP contribution in [0.25, 0.3) is 0 Å². The van der Waals surface area contributed by atoms with Crippen molar-refractivity contribution in [3.05, 3.63) is 0 Å².